The van der Waals surface area contributed by atoms with Crippen molar-refractivity contribution < 1.29 is 9.59 Å². The quantitative estimate of drug-likeness (QED) is 0.604. The lowest BCUT2D eigenvalue weighted by molar-refractivity contribution is -0.133. The third-order valence-electron chi connectivity index (χ3n) is 6.79. The normalized spacial score (nSPS) is 19.7. The van der Waals surface area contributed by atoms with E-state index in [4.69, 9.17) is 0 Å². The molecule has 0 aliphatic carbocycles. The highest BCUT2D eigenvalue weighted by Crippen LogP contribution is 2.22. The van der Waals surface area contributed by atoms with Crippen LogP contribution in [-0.4, -0.2) is 65.8 Å². The van der Waals surface area contributed by atoms with Crippen LogP contribution in [0.1, 0.15) is 36.8 Å². The van der Waals surface area contributed by atoms with E-state index in [9.17, 15) is 9.59 Å². The van der Waals surface area contributed by atoms with Crippen LogP contribution >= 0.6 is 0 Å². The van der Waals surface area contributed by atoms with Crippen molar-refractivity contribution >= 4 is 17.9 Å². The van der Waals surface area contributed by atoms with E-state index >= 15 is 0 Å². The first-order chi connectivity index (χ1) is 16.2. The predicted octanol–water partition coefficient (Wildman–Crippen LogP) is 4.06. The molecule has 2 fully saturated rings. The van der Waals surface area contributed by atoms with E-state index < -0.39 is 0 Å². The first-order valence-electron chi connectivity index (χ1n) is 12.2. The van der Waals surface area contributed by atoms with Gasteiger partial charge in [0.05, 0.1) is 0 Å². The fourth-order valence-electron chi connectivity index (χ4n) is 4.82. The largest absolute Gasteiger partial charge is 0.340 e. The van der Waals surface area contributed by atoms with Gasteiger partial charge in [-0.25, -0.2) is 0 Å². The van der Waals surface area contributed by atoms with Gasteiger partial charge in [-0.1, -0.05) is 60.7 Å². The number of carbonyl (C=O) groups is 2. The fourth-order valence-corrected chi connectivity index (χ4v) is 4.82. The zero-order chi connectivity index (χ0) is 22.9. The van der Waals surface area contributed by atoms with E-state index in [1.54, 1.807) is 6.08 Å². The summed E-state index contributed by atoms with van der Waals surface area (Å²) in [6.07, 6.45) is 7.14. The molecule has 0 aromatic heterocycles. The van der Waals surface area contributed by atoms with Gasteiger partial charge in [-0.15, -0.1) is 0 Å². The highest BCUT2D eigenvalue weighted by molar-refractivity contribution is 5.91. The molecule has 0 bridgehead atoms. The highest BCUT2D eigenvalue weighted by Gasteiger charge is 2.25. The summed E-state index contributed by atoms with van der Waals surface area (Å²) < 4.78 is 0. The molecule has 4 rings (SSSR count). The number of nitrogens with zero attached hydrogens (tertiary/aromatic N) is 3. The van der Waals surface area contributed by atoms with Gasteiger partial charge < -0.3 is 9.80 Å². The number of hydrogen-bond donors (Lipinski definition) is 0. The molecule has 2 aromatic carbocycles. The van der Waals surface area contributed by atoms with E-state index in [1.165, 1.54) is 5.56 Å². The van der Waals surface area contributed by atoms with Crippen molar-refractivity contribution in [1.29, 1.82) is 0 Å². The Labute approximate surface area is 197 Å². The number of amides is 2. The van der Waals surface area contributed by atoms with E-state index in [1.807, 2.05) is 52.3 Å². The zero-order valence-electron chi connectivity index (χ0n) is 19.4. The lowest BCUT2D eigenvalue weighted by Gasteiger charge is -2.36. The summed E-state index contributed by atoms with van der Waals surface area (Å²) in [5, 5.41) is 0. The molecule has 0 unspecified atom stereocenters. The van der Waals surface area contributed by atoms with Crippen molar-refractivity contribution in [3.05, 3.63) is 77.9 Å². The summed E-state index contributed by atoms with van der Waals surface area (Å²) in [6.45, 7) is 6.01. The lowest BCUT2D eigenvalue weighted by Crippen LogP contribution is -2.48. The van der Waals surface area contributed by atoms with Crippen LogP contribution in [-0.2, 0) is 16.1 Å². The van der Waals surface area contributed by atoms with Gasteiger partial charge in [-0.2, -0.15) is 0 Å². The van der Waals surface area contributed by atoms with Crippen LogP contribution in [0.3, 0.4) is 0 Å². The number of piperidine rings is 1. The summed E-state index contributed by atoms with van der Waals surface area (Å²) in [6, 6.07) is 20.4. The minimum Gasteiger partial charge on any atom is -0.340 e. The minimum absolute atomic E-state index is 0.0735. The number of carbonyl (C=O) groups excluding carboxylic acids is 2. The molecule has 5 heteroatoms. The lowest BCUT2D eigenvalue weighted by atomic mass is 9.93. The second-order valence-corrected chi connectivity index (χ2v) is 9.22. The molecule has 2 amide bonds. The van der Waals surface area contributed by atoms with Crippen LogP contribution < -0.4 is 0 Å². The molecule has 0 saturated carbocycles. The first-order valence-corrected chi connectivity index (χ1v) is 12.2. The van der Waals surface area contributed by atoms with Crippen molar-refractivity contribution in [2.45, 2.75) is 32.2 Å². The van der Waals surface area contributed by atoms with Crippen LogP contribution in [0.4, 0.5) is 0 Å². The molecule has 0 N–H and O–H groups in total. The minimum atomic E-state index is 0.0735. The average molecular weight is 446 g/mol. The van der Waals surface area contributed by atoms with E-state index in [0.717, 1.165) is 70.6 Å². The van der Waals surface area contributed by atoms with E-state index in [-0.39, 0.29) is 11.8 Å². The third kappa shape index (κ3) is 7.03. The molecular weight excluding hydrogens is 410 g/mol. The van der Waals surface area contributed by atoms with Crippen LogP contribution in [0.2, 0.25) is 0 Å². The molecule has 174 valence electrons. The number of likely N-dealkylation sites (tertiary alicyclic amines) is 1. The fraction of sp³-hybridized carbons (Fsp3) is 0.429. The second-order valence-electron chi connectivity index (χ2n) is 9.22. The molecule has 0 radical (unpaired) electrons. The van der Waals surface area contributed by atoms with Crippen molar-refractivity contribution in [3.63, 3.8) is 0 Å². The molecule has 0 spiro atoms. The summed E-state index contributed by atoms with van der Waals surface area (Å²) in [5.74, 6) is 0.752. The van der Waals surface area contributed by atoms with Gasteiger partial charge in [-0.3, -0.25) is 14.5 Å². The van der Waals surface area contributed by atoms with E-state index in [0.29, 0.717) is 12.3 Å². The standard InChI is InChI=1S/C28H35N3O2/c32-27(30-20-18-29(19-21-30)22-25-10-5-2-6-11-25)16-14-26-12-7-17-31(23-26)28(33)15-13-24-8-3-1-4-9-24/h1-6,8-11,13,15,26H,7,12,14,16-23H2/b15-13+/t26-/m0/s1. The monoisotopic (exact) mass is 445 g/mol. The summed E-state index contributed by atoms with van der Waals surface area (Å²) >= 11 is 0. The van der Waals surface area contributed by atoms with Gasteiger partial charge in [0.2, 0.25) is 11.8 Å². The van der Waals surface area contributed by atoms with Gasteiger partial charge in [-0.05, 0) is 42.4 Å². The van der Waals surface area contributed by atoms with Crippen LogP contribution in [0.15, 0.2) is 66.7 Å². The highest BCUT2D eigenvalue weighted by atomic mass is 16.2. The predicted molar refractivity (Wildman–Crippen MR) is 132 cm³/mol. The van der Waals surface area contributed by atoms with Gasteiger partial charge in [0, 0.05) is 58.3 Å². The molecule has 5 nitrogen and oxygen atoms in total. The van der Waals surface area contributed by atoms with Crippen LogP contribution in [0.25, 0.3) is 6.08 Å². The van der Waals surface area contributed by atoms with Crippen LogP contribution in [0, 0.1) is 5.92 Å². The number of piperazine rings is 1. The first kappa shape index (κ1) is 23.2. The smallest absolute Gasteiger partial charge is 0.246 e. The SMILES string of the molecule is O=C(/C=C/c1ccccc1)N1CCC[C@@H](CCC(=O)N2CCN(Cc3ccccc3)CC2)C1. The second kappa shape index (κ2) is 11.8. The maximum Gasteiger partial charge on any atom is 0.246 e. The van der Waals surface area contributed by atoms with Crippen molar-refractivity contribution in [1.82, 2.24) is 14.7 Å². The summed E-state index contributed by atoms with van der Waals surface area (Å²) in [4.78, 5) is 31.8. The molecular formula is C28H35N3O2. The number of benzene rings is 2. The molecule has 2 aromatic rings. The van der Waals surface area contributed by atoms with Gasteiger partial charge in [0.25, 0.3) is 0 Å². The molecule has 33 heavy (non-hydrogen) atoms. The average Bonchev–Trinajstić information content (AvgIpc) is 2.88. The van der Waals surface area contributed by atoms with Gasteiger partial charge >= 0.3 is 0 Å². The topological polar surface area (TPSA) is 43.9 Å². The Bertz CT molecular complexity index is 921. The molecule has 1 atom stereocenters. The van der Waals surface area contributed by atoms with Gasteiger partial charge in [0.1, 0.15) is 0 Å². The Balaban J connectivity index is 1.18. The maximum absolute atomic E-state index is 12.8. The summed E-state index contributed by atoms with van der Waals surface area (Å²) in [7, 11) is 0. The Hall–Kier alpha value is -2.92. The molecule has 2 heterocycles. The molecule has 2 aliphatic rings. The van der Waals surface area contributed by atoms with Crippen molar-refractivity contribution in [2.75, 3.05) is 39.3 Å². The molecule has 2 saturated heterocycles. The van der Waals surface area contributed by atoms with Crippen molar-refractivity contribution in [2.24, 2.45) is 5.92 Å². The Morgan fingerprint density at radius 1 is 0.848 bits per heavy atom. The summed E-state index contributed by atoms with van der Waals surface area (Å²) in [5.41, 5.74) is 2.36. The Morgan fingerprint density at radius 2 is 1.55 bits per heavy atom. The third-order valence-corrected chi connectivity index (χ3v) is 6.79. The van der Waals surface area contributed by atoms with Crippen LogP contribution in [0.5, 0.6) is 0 Å². The van der Waals surface area contributed by atoms with Crippen molar-refractivity contribution in [3.8, 4) is 0 Å². The number of hydrogen-bond acceptors (Lipinski definition) is 3. The Kier molecular flexibility index (Phi) is 8.31. The number of rotatable bonds is 7. The maximum atomic E-state index is 12.8. The Morgan fingerprint density at radius 3 is 2.27 bits per heavy atom. The van der Waals surface area contributed by atoms with Gasteiger partial charge in [0.15, 0.2) is 0 Å². The van der Waals surface area contributed by atoms with E-state index in [2.05, 4.69) is 29.2 Å². The zero-order valence-corrected chi connectivity index (χ0v) is 19.4. The molecule has 2 aliphatic heterocycles.